The summed E-state index contributed by atoms with van der Waals surface area (Å²) in [5.74, 6) is 0. The summed E-state index contributed by atoms with van der Waals surface area (Å²) in [4.78, 5) is 25.2. The van der Waals surface area contributed by atoms with Gasteiger partial charge in [-0.3, -0.25) is 13.9 Å². The van der Waals surface area contributed by atoms with Gasteiger partial charge >= 0.3 is 5.69 Å². The van der Waals surface area contributed by atoms with Crippen molar-refractivity contribution in [1.82, 2.24) is 9.13 Å². The van der Waals surface area contributed by atoms with Crippen LogP contribution in [0.25, 0.3) is 10.9 Å². The number of hydrogen-bond donors (Lipinski definition) is 0. The summed E-state index contributed by atoms with van der Waals surface area (Å²) in [6, 6.07) is 14.4. The lowest BCUT2D eigenvalue weighted by Crippen LogP contribution is -2.40. The Kier molecular flexibility index (Phi) is 3.86. The number of benzene rings is 2. The third-order valence-electron chi connectivity index (χ3n) is 3.68. The Balaban J connectivity index is 2.26. The molecule has 5 heteroatoms. The van der Waals surface area contributed by atoms with E-state index in [2.05, 4.69) is 0 Å². The van der Waals surface area contributed by atoms with Gasteiger partial charge in [-0.15, -0.1) is 0 Å². The third kappa shape index (κ3) is 2.46. The summed E-state index contributed by atoms with van der Waals surface area (Å²) in [7, 11) is 0. The fraction of sp³-hybridized carbons (Fsp3) is 0.176. The highest BCUT2D eigenvalue weighted by molar-refractivity contribution is 6.30. The van der Waals surface area contributed by atoms with E-state index in [-0.39, 0.29) is 17.8 Å². The van der Waals surface area contributed by atoms with Crippen LogP contribution in [0, 0.1) is 0 Å². The van der Waals surface area contributed by atoms with Crippen LogP contribution in [0.15, 0.2) is 58.1 Å². The van der Waals surface area contributed by atoms with E-state index in [1.54, 1.807) is 34.9 Å². The lowest BCUT2D eigenvalue weighted by molar-refractivity contribution is 0.623. The third-order valence-corrected chi connectivity index (χ3v) is 3.91. The second kappa shape index (κ2) is 5.81. The topological polar surface area (TPSA) is 44.0 Å². The van der Waals surface area contributed by atoms with Gasteiger partial charge in [-0.25, -0.2) is 4.79 Å². The maximum absolute atomic E-state index is 12.6. The average Bonchev–Trinajstić information content (AvgIpc) is 2.52. The van der Waals surface area contributed by atoms with Crippen molar-refractivity contribution in [3.63, 3.8) is 0 Å². The van der Waals surface area contributed by atoms with E-state index in [1.807, 2.05) is 25.1 Å². The van der Waals surface area contributed by atoms with E-state index in [4.69, 9.17) is 11.6 Å². The first-order chi connectivity index (χ1) is 10.6. The zero-order valence-corrected chi connectivity index (χ0v) is 12.9. The highest BCUT2D eigenvalue weighted by Gasteiger charge is 2.12. The largest absolute Gasteiger partial charge is 0.331 e. The highest BCUT2D eigenvalue weighted by atomic mass is 35.5. The molecule has 0 aliphatic carbocycles. The molecule has 22 heavy (non-hydrogen) atoms. The summed E-state index contributed by atoms with van der Waals surface area (Å²) in [6.45, 7) is 2.61. The molecule has 3 aromatic rings. The van der Waals surface area contributed by atoms with Crippen molar-refractivity contribution in [2.24, 2.45) is 0 Å². The summed E-state index contributed by atoms with van der Waals surface area (Å²) in [5.41, 5.74) is 0.920. The molecule has 0 saturated heterocycles. The fourth-order valence-corrected chi connectivity index (χ4v) is 2.85. The molecule has 0 aliphatic rings. The van der Waals surface area contributed by atoms with E-state index in [9.17, 15) is 9.59 Å². The van der Waals surface area contributed by atoms with Crippen LogP contribution < -0.4 is 11.2 Å². The summed E-state index contributed by atoms with van der Waals surface area (Å²) < 4.78 is 2.87. The standard InChI is InChI=1S/C17H15ClN2O2/c1-2-19-15-9-4-3-8-14(15)16(21)20(17(19)22)11-12-6-5-7-13(18)10-12/h3-10H,2,11H2,1H3. The molecule has 0 aliphatic heterocycles. The number of rotatable bonds is 3. The van der Waals surface area contributed by atoms with E-state index in [0.29, 0.717) is 22.5 Å². The van der Waals surface area contributed by atoms with Crippen molar-refractivity contribution < 1.29 is 0 Å². The molecule has 0 N–H and O–H groups in total. The first-order valence-corrected chi connectivity index (χ1v) is 7.46. The predicted molar refractivity (Wildman–Crippen MR) is 88.7 cm³/mol. The minimum atomic E-state index is -0.300. The first kappa shape index (κ1) is 14.6. The van der Waals surface area contributed by atoms with Gasteiger partial charge in [0.15, 0.2) is 0 Å². The predicted octanol–water partition coefficient (Wildman–Crippen LogP) is 2.88. The molecule has 0 amide bonds. The van der Waals surface area contributed by atoms with Crippen molar-refractivity contribution in [3.05, 3.63) is 80.0 Å². The second-order valence-electron chi connectivity index (χ2n) is 5.07. The van der Waals surface area contributed by atoms with Gasteiger partial charge in [0.2, 0.25) is 0 Å². The zero-order valence-electron chi connectivity index (χ0n) is 12.1. The van der Waals surface area contributed by atoms with Crippen molar-refractivity contribution in [3.8, 4) is 0 Å². The molecule has 0 bridgehead atoms. The molecule has 0 fully saturated rings. The Morgan fingerprint density at radius 3 is 2.50 bits per heavy atom. The quantitative estimate of drug-likeness (QED) is 0.746. The fourth-order valence-electron chi connectivity index (χ4n) is 2.63. The number of para-hydroxylation sites is 1. The molecule has 112 valence electrons. The van der Waals surface area contributed by atoms with Crippen LogP contribution in [0.1, 0.15) is 12.5 Å². The Morgan fingerprint density at radius 1 is 1.00 bits per heavy atom. The van der Waals surface area contributed by atoms with Crippen LogP contribution in [-0.4, -0.2) is 9.13 Å². The van der Waals surface area contributed by atoms with Gasteiger partial charge in [-0.1, -0.05) is 35.9 Å². The van der Waals surface area contributed by atoms with E-state index in [0.717, 1.165) is 5.56 Å². The number of fused-ring (bicyclic) bond motifs is 1. The van der Waals surface area contributed by atoms with Crippen LogP contribution in [-0.2, 0) is 13.1 Å². The van der Waals surface area contributed by atoms with E-state index < -0.39 is 0 Å². The van der Waals surface area contributed by atoms with Crippen LogP contribution in [0.4, 0.5) is 0 Å². The van der Waals surface area contributed by atoms with Gasteiger partial charge < -0.3 is 0 Å². The smallest absolute Gasteiger partial charge is 0.293 e. The Labute approximate surface area is 132 Å². The summed E-state index contributed by atoms with van der Waals surface area (Å²) in [6.07, 6.45) is 0. The molecule has 1 aromatic heterocycles. The van der Waals surface area contributed by atoms with Crippen LogP contribution in [0.2, 0.25) is 5.02 Å². The minimum absolute atomic E-state index is 0.211. The first-order valence-electron chi connectivity index (χ1n) is 7.08. The van der Waals surface area contributed by atoms with Gasteiger partial charge in [0.1, 0.15) is 0 Å². The van der Waals surface area contributed by atoms with E-state index >= 15 is 0 Å². The molecule has 0 spiro atoms. The van der Waals surface area contributed by atoms with Crippen molar-refractivity contribution >= 4 is 22.5 Å². The molecular weight excluding hydrogens is 300 g/mol. The second-order valence-corrected chi connectivity index (χ2v) is 5.50. The summed E-state index contributed by atoms with van der Waals surface area (Å²) in [5, 5.41) is 1.13. The van der Waals surface area contributed by atoms with E-state index in [1.165, 1.54) is 4.57 Å². The maximum atomic E-state index is 12.6. The average molecular weight is 315 g/mol. The zero-order chi connectivity index (χ0) is 15.7. The molecule has 4 nitrogen and oxygen atoms in total. The Hall–Kier alpha value is -2.33. The van der Waals surface area contributed by atoms with Crippen molar-refractivity contribution in [1.29, 1.82) is 0 Å². The van der Waals surface area contributed by atoms with Gasteiger partial charge in [0, 0.05) is 11.6 Å². The SMILES string of the molecule is CCn1c(=O)n(Cc2cccc(Cl)c2)c(=O)c2ccccc21. The molecule has 1 heterocycles. The van der Waals surface area contributed by atoms with Crippen molar-refractivity contribution in [2.75, 3.05) is 0 Å². The summed E-state index contributed by atoms with van der Waals surface area (Å²) >= 11 is 5.97. The van der Waals surface area contributed by atoms with Gasteiger partial charge in [0.25, 0.3) is 5.56 Å². The lowest BCUT2D eigenvalue weighted by Gasteiger charge is -2.12. The molecule has 3 rings (SSSR count). The number of hydrogen-bond acceptors (Lipinski definition) is 2. The number of halogens is 1. The maximum Gasteiger partial charge on any atom is 0.331 e. The lowest BCUT2D eigenvalue weighted by atomic mass is 10.2. The van der Waals surface area contributed by atoms with Crippen LogP contribution in [0.3, 0.4) is 0 Å². The number of aryl methyl sites for hydroxylation is 1. The molecular formula is C17H15ClN2O2. The van der Waals surface area contributed by atoms with Gasteiger partial charge in [-0.05, 0) is 36.8 Å². The number of aromatic nitrogens is 2. The van der Waals surface area contributed by atoms with Crippen molar-refractivity contribution in [2.45, 2.75) is 20.0 Å². The normalized spacial score (nSPS) is 11.0. The molecule has 0 atom stereocenters. The number of nitrogens with zero attached hydrogens (tertiary/aromatic N) is 2. The highest BCUT2D eigenvalue weighted by Crippen LogP contribution is 2.12. The molecule has 0 saturated carbocycles. The van der Waals surface area contributed by atoms with Gasteiger partial charge in [0.05, 0.1) is 17.4 Å². The molecule has 2 aromatic carbocycles. The Morgan fingerprint density at radius 2 is 1.77 bits per heavy atom. The molecule has 0 radical (unpaired) electrons. The Bertz CT molecular complexity index is 957. The van der Waals surface area contributed by atoms with Crippen LogP contribution in [0.5, 0.6) is 0 Å². The monoisotopic (exact) mass is 314 g/mol. The molecule has 0 unspecified atom stereocenters. The van der Waals surface area contributed by atoms with Crippen LogP contribution >= 0.6 is 11.6 Å². The van der Waals surface area contributed by atoms with Gasteiger partial charge in [-0.2, -0.15) is 0 Å². The minimum Gasteiger partial charge on any atom is -0.293 e.